The number of carbonyl (C=O) groups is 3. The molecule has 8 aliphatic rings. The lowest BCUT2D eigenvalue weighted by Gasteiger charge is -2.71. The average Bonchev–Trinajstić information content (AvgIpc) is 3.28. The molecule has 0 amide bonds. The Morgan fingerprint density at radius 1 is 0.750 bits per heavy atom. The lowest BCUT2D eigenvalue weighted by molar-refractivity contribution is -0.374. The van der Waals surface area contributed by atoms with E-state index in [9.17, 15) is 19.5 Å². The van der Waals surface area contributed by atoms with Crippen molar-refractivity contribution in [2.75, 3.05) is 13.7 Å². The van der Waals surface area contributed by atoms with Gasteiger partial charge in [-0.05, 0) is 134 Å². The number of hydrogen-bond acceptors (Lipinski definition) is 10. The molecule has 11 nitrogen and oxygen atoms in total. The van der Waals surface area contributed by atoms with Crippen LogP contribution in [0.2, 0.25) is 0 Å². The van der Waals surface area contributed by atoms with Gasteiger partial charge in [0.15, 0.2) is 24.7 Å². The van der Waals surface area contributed by atoms with Crippen molar-refractivity contribution in [3.63, 3.8) is 0 Å². The monoisotopic (exact) mass is 953 g/mol. The maximum Gasteiger partial charge on any atom is 0.312 e. The Hall–Kier alpha value is -1.73. The SMILES string of the molecule is CCC1O[C@@H](OC2[C@H](O[C@H]3CCC4(C)C5CC=C6C7CC(C)(C)CC[C@]7(C(=O)O)[C@@H](OC)C[C@@]6(C)C5(C)CC[C@H]4[C@@]3(C)C=O)OC(C(C)=O)[C@@H](C)[C@@H]2O[C@@H]2OC[C@@H](C)[C@H](C)C2C)C(C)[C@@H](C)[C@H]1C. The molecule has 68 heavy (non-hydrogen) atoms. The lowest BCUT2D eigenvalue weighted by Crippen LogP contribution is -2.68. The molecule has 8 rings (SSSR count). The van der Waals surface area contributed by atoms with Crippen LogP contribution in [0.1, 0.15) is 168 Å². The van der Waals surface area contributed by atoms with Crippen molar-refractivity contribution in [3.05, 3.63) is 11.6 Å². The Bertz CT molecular complexity index is 1920. The molecule has 7 fully saturated rings. The molecule has 11 heteroatoms. The van der Waals surface area contributed by atoms with Gasteiger partial charge in [0.25, 0.3) is 0 Å². The molecule has 4 saturated carbocycles. The van der Waals surface area contributed by atoms with Gasteiger partial charge in [0.2, 0.25) is 0 Å². The summed E-state index contributed by atoms with van der Waals surface area (Å²) in [5.74, 6) is 0.536. The molecular weight excluding hydrogens is 861 g/mol. The molecule has 0 aromatic rings. The van der Waals surface area contributed by atoms with E-state index in [0.29, 0.717) is 49.5 Å². The number of rotatable bonds is 11. The van der Waals surface area contributed by atoms with Gasteiger partial charge in [-0.2, -0.15) is 0 Å². The van der Waals surface area contributed by atoms with Crippen molar-refractivity contribution in [2.45, 2.75) is 224 Å². The first kappa shape index (κ1) is 52.6. The first-order chi connectivity index (χ1) is 31.8. The Morgan fingerprint density at radius 2 is 1.43 bits per heavy atom. The highest BCUT2D eigenvalue weighted by Gasteiger charge is 2.72. The second-order valence-corrected chi connectivity index (χ2v) is 26.2. The second kappa shape index (κ2) is 18.6. The molecule has 5 aliphatic carbocycles. The van der Waals surface area contributed by atoms with Gasteiger partial charge in [-0.15, -0.1) is 0 Å². The minimum atomic E-state index is -1.02. The summed E-state index contributed by atoms with van der Waals surface area (Å²) in [6, 6.07) is 0. The second-order valence-electron chi connectivity index (χ2n) is 26.2. The van der Waals surface area contributed by atoms with Crippen LogP contribution in [-0.4, -0.2) is 92.4 Å². The predicted molar refractivity (Wildman–Crippen MR) is 260 cm³/mol. The van der Waals surface area contributed by atoms with Crippen molar-refractivity contribution in [3.8, 4) is 0 Å². The minimum absolute atomic E-state index is 0.00302. The molecule has 9 unspecified atom stereocenters. The van der Waals surface area contributed by atoms with Crippen LogP contribution < -0.4 is 0 Å². The van der Waals surface area contributed by atoms with E-state index in [-0.39, 0.29) is 69.1 Å². The first-order valence-corrected chi connectivity index (χ1v) is 27.1. The average molecular weight is 953 g/mol. The summed E-state index contributed by atoms with van der Waals surface area (Å²) in [6.45, 7) is 33.8. The molecule has 3 heterocycles. The van der Waals surface area contributed by atoms with E-state index in [1.165, 1.54) is 11.9 Å². The summed E-state index contributed by atoms with van der Waals surface area (Å²) >= 11 is 0. The summed E-state index contributed by atoms with van der Waals surface area (Å²) in [7, 11) is 1.72. The number of aliphatic carboxylic acids is 1. The smallest absolute Gasteiger partial charge is 0.312 e. The minimum Gasteiger partial charge on any atom is -0.481 e. The van der Waals surface area contributed by atoms with E-state index in [1.54, 1.807) is 14.0 Å². The maximum absolute atomic E-state index is 14.1. The third-order valence-electron chi connectivity index (χ3n) is 22.5. The summed E-state index contributed by atoms with van der Waals surface area (Å²) in [4.78, 5) is 41.3. The number of fused-ring (bicyclic) bond motifs is 7. The Labute approximate surface area is 410 Å². The Balaban J connectivity index is 1.13. The van der Waals surface area contributed by atoms with Crippen molar-refractivity contribution in [1.82, 2.24) is 0 Å². The van der Waals surface area contributed by atoms with E-state index >= 15 is 0 Å². The fourth-order valence-electron chi connectivity index (χ4n) is 17.0. The number of ketones is 1. The van der Waals surface area contributed by atoms with Gasteiger partial charge >= 0.3 is 5.97 Å². The number of carboxylic acid groups (broad SMARTS) is 1. The number of methoxy groups -OCH3 is 1. The van der Waals surface area contributed by atoms with Gasteiger partial charge in [-0.1, -0.05) is 109 Å². The Morgan fingerprint density at radius 3 is 2.06 bits per heavy atom. The van der Waals surface area contributed by atoms with Crippen LogP contribution >= 0.6 is 0 Å². The summed E-state index contributed by atoms with van der Waals surface area (Å²) in [5, 5.41) is 11.1. The predicted octanol–water partition coefficient (Wildman–Crippen LogP) is 11.1. The first-order valence-electron chi connectivity index (χ1n) is 27.1. The molecule has 0 bridgehead atoms. The van der Waals surface area contributed by atoms with Crippen LogP contribution in [0.4, 0.5) is 0 Å². The Kier molecular flexibility index (Phi) is 14.4. The van der Waals surface area contributed by atoms with E-state index in [0.717, 1.165) is 44.9 Å². The molecule has 1 N–H and O–H groups in total. The van der Waals surface area contributed by atoms with E-state index in [1.807, 2.05) is 6.92 Å². The molecule has 3 saturated heterocycles. The third kappa shape index (κ3) is 8.01. The number of allylic oxidation sites excluding steroid dienone is 2. The molecule has 0 spiro atoms. The number of ether oxygens (including phenoxy) is 7. The van der Waals surface area contributed by atoms with Crippen LogP contribution in [0.3, 0.4) is 0 Å². The van der Waals surface area contributed by atoms with E-state index in [4.69, 9.17) is 33.2 Å². The van der Waals surface area contributed by atoms with Crippen LogP contribution in [0.5, 0.6) is 0 Å². The third-order valence-corrected chi connectivity index (χ3v) is 22.5. The zero-order chi connectivity index (χ0) is 49.8. The largest absolute Gasteiger partial charge is 0.481 e. The molecule has 0 aromatic carbocycles. The lowest BCUT2D eigenvalue weighted by atomic mass is 9.33. The highest BCUT2D eigenvalue weighted by molar-refractivity contribution is 5.81. The molecule has 3 aliphatic heterocycles. The number of aldehydes is 1. The van der Waals surface area contributed by atoms with E-state index in [2.05, 4.69) is 96.1 Å². The number of carboxylic acids is 1. The molecule has 0 radical (unpaired) electrons. The number of Topliss-reactive ketones (excluding diaryl/α,β-unsaturated/α-hetero) is 1. The maximum atomic E-state index is 14.1. The molecule has 386 valence electrons. The van der Waals surface area contributed by atoms with Gasteiger partial charge in [-0.25, -0.2) is 0 Å². The fraction of sp³-hybridized carbons (Fsp3) is 0.912. The summed E-state index contributed by atoms with van der Waals surface area (Å²) < 4.78 is 48.2. The molecule has 0 aromatic heterocycles. The summed E-state index contributed by atoms with van der Waals surface area (Å²) in [6.07, 6.45) is 6.35. The standard InChI is InChI=1S/C57H92O11/c1-17-40-33(5)32(4)35(7)49(64-40)68-47-46(67-48-34(6)31(3)30(2)28-63-48)36(8)45(37(9)59)66-50(47)65-43-21-22-53(12)41(54(43,13)29-58)20-23-55(14)42(53)19-18-38-39-26-52(10,11)24-25-57(39,51(60)61)44(62-16)27-56(38,55)15/h18,29-36,39-50H,17,19-28H2,1-16H3,(H,60,61)/t30-,31+,32+,33-,34?,35?,36-,39?,40?,41-,42?,43+,44+,45?,46+,47?,48+,49+,50-,53?,54-,55?,56-,57-/m1/s1. The number of carbonyl (C=O) groups excluding carboxylic acids is 2. The van der Waals surface area contributed by atoms with E-state index < -0.39 is 66.2 Å². The van der Waals surface area contributed by atoms with Gasteiger partial charge < -0.3 is 43.1 Å². The zero-order valence-corrected chi connectivity index (χ0v) is 44.9. The van der Waals surface area contributed by atoms with Crippen LogP contribution in [-0.2, 0) is 47.5 Å². The zero-order valence-electron chi connectivity index (χ0n) is 44.9. The van der Waals surface area contributed by atoms with Crippen molar-refractivity contribution in [1.29, 1.82) is 0 Å². The van der Waals surface area contributed by atoms with Gasteiger partial charge in [-0.3, -0.25) is 9.59 Å². The topological polar surface area (TPSA) is 136 Å². The highest BCUT2D eigenvalue weighted by atomic mass is 16.8. The van der Waals surface area contributed by atoms with Gasteiger partial charge in [0.1, 0.15) is 23.9 Å². The highest BCUT2D eigenvalue weighted by Crippen LogP contribution is 2.76. The van der Waals surface area contributed by atoms with Crippen LogP contribution in [0, 0.1) is 91.7 Å². The van der Waals surface area contributed by atoms with Gasteiger partial charge in [0, 0.05) is 24.9 Å². The molecule has 24 atom stereocenters. The number of hydrogen-bond donors (Lipinski definition) is 1. The van der Waals surface area contributed by atoms with Crippen LogP contribution in [0.25, 0.3) is 0 Å². The van der Waals surface area contributed by atoms with Gasteiger partial charge in [0.05, 0.1) is 36.4 Å². The summed E-state index contributed by atoms with van der Waals surface area (Å²) in [5.41, 5.74) is -1.10. The fourth-order valence-corrected chi connectivity index (χ4v) is 17.0. The normalized spacial score (nSPS) is 53.4. The van der Waals surface area contributed by atoms with Crippen LogP contribution in [0.15, 0.2) is 11.6 Å². The quantitative estimate of drug-likeness (QED) is 0.120. The van der Waals surface area contributed by atoms with Crippen molar-refractivity contribution < 1.29 is 52.6 Å². The van der Waals surface area contributed by atoms with Crippen molar-refractivity contribution in [2.24, 2.45) is 91.7 Å². The van der Waals surface area contributed by atoms with Crippen molar-refractivity contribution >= 4 is 18.0 Å². The molecular formula is C57H92O11.